The number of aliphatic carboxylic acids is 3. The Balaban J connectivity index is -0.000000240. The zero-order valence-electron chi connectivity index (χ0n) is 8.31. The SMILES string of the molecule is O.O=C([O-])CC(O)(CC(=O)[O-])C(=O)[O-].[Hf].[NH4+]. The van der Waals surface area contributed by atoms with Gasteiger partial charge in [0, 0.05) is 50.6 Å². The topological polar surface area (TPSA) is 209 Å². The van der Waals surface area contributed by atoms with Crippen LogP contribution in [-0.4, -0.2) is 34.1 Å². The molecule has 0 aromatic rings. The maximum Gasteiger partial charge on any atom is 0.114 e. The van der Waals surface area contributed by atoms with Gasteiger partial charge < -0.3 is 46.4 Å². The molecule has 0 atom stereocenters. The van der Waals surface area contributed by atoms with Gasteiger partial charge in [0.05, 0.1) is 5.97 Å². The average Bonchev–Trinajstić information content (AvgIpc) is 1.82. The summed E-state index contributed by atoms with van der Waals surface area (Å²) in [5.41, 5.74) is -2.97. The third-order valence-corrected chi connectivity index (χ3v) is 1.25. The summed E-state index contributed by atoms with van der Waals surface area (Å²) in [6.07, 6.45) is -2.72. The molecule has 10 heteroatoms. The molecule has 0 spiro atoms. The normalized spacial score (nSPS) is 8.81. The molecule has 0 unspecified atom stereocenters. The first kappa shape index (κ1) is 24.4. The monoisotopic (exact) mass is 405 g/mol. The summed E-state index contributed by atoms with van der Waals surface area (Å²) in [5.74, 6) is -5.98. The smallest absolute Gasteiger partial charge is 0.114 e. The fraction of sp³-hybridized carbons (Fsp3) is 0.500. The Kier molecular flexibility index (Phi) is 14.3. The summed E-state index contributed by atoms with van der Waals surface area (Å²) in [4.78, 5) is 30.0. The summed E-state index contributed by atoms with van der Waals surface area (Å²) >= 11 is 0. The molecule has 0 amide bonds. The van der Waals surface area contributed by atoms with Crippen molar-refractivity contribution in [1.29, 1.82) is 0 Å². The number of aliphatic hydroxyl groups is 1. The van der Waals surface area contributed by atoms with Crippen LogP contribution in [0.1, 0.15) is 12.8 Å². The fourth-order valence-electron chi connectivity index (χ4n) is 0.684. The summed E-state index contributed by atoms with van der Waals surface area (Å²) in [5, 5.41) is 38.9. The summed E-state index contributed by atoms with van der Waals surface area (Å²) < 4.78 is 0. The van der Waals surface area contributed by atoms with E-state index in [2.05, 4.69) is 0 Å². The Bertz CT molecular complexity index is 239. The fourth-order valence-corrected chi connectivity index (χ4v) is 0.684. The first-order valence-electron chi connectivity index (χ1n) is 3.11. The zero-order valence-corrected chi connectivity index (χ0v) is 11.9. The van der Waals surface area contributed by atoms with Crippen LogP contribution in [0, 0.1) is 0 Å². The number of carboxylic acid groups (broad SMARTS) is 3. The molecule has 0 aliphatic rings. The van der Waals surface area contributed by atoms with Crippen molar-refractivity contribution in [3.05, 3.63) is 0 Å². The van der Waals surface area contributed by atoms with Gasteiger partial charge >= 0.3 is 0 Å². The van der Waals surface area contributed by atoms with E-state index in [0.29, 0.717) is 0 Å². The van der Waals surface area contributed by atoms with Crippen LogP contribution in [0.5, 0.6) is 0 Å². The first-order valence-corrected chi connectivity index (χ1v) is 3.11. The Labute approximate surface area is 109 Å². The predicted octanol–water partition coefficient (Wildman–Crippen LogP) is -5.70. The van der Waals surface area contributed by atoms with Crippen LogP contribution in [0.15, 0.2) is 0 Å². The standard InChI is InChI=1S/C6H8O7.Hf.H3N.H2O/c7-3(8)1-6(13,5(11)12)2-4(9)10;;;/h13H,1-2H2,(H,7,8)(H,9,10)(H,11,12);;1H3;1H2/p-2. The first-order chi connectivity index (χ1) is 5.78. The van der Waals surface area contributed by atoms with Crippen LogP contribution in [0.2, 0.25) is 0 Å². The van der Waals surface area contributed by atoms with Gasteiger partial charge in [-0.25, -0.2) is 0 Å². The summed E-state index contributed by atoms with van der Waals surface area (Å²) in [6.45, 7) is 0. The van der Waals surface area contributed by atoms with E-state index < -0.39 is 36.4 Å². The molecule has 0 radical (unpaired) electrons. The van der Waals surface area contributed by atoms with Crippen LogP contribution in [0.3, 0.4) is 0 Å². The van der Waals surface area contributed by atoms with E-state index in [4.69, 9.17) is 5.11 Å². The minimum Gasteiger partial charge on any atom is -0.550 e. The predicted molar refractivity (Wildman–Crippen MR) is 38.8 cm³/mol. The average molecular weight is 404 g/mol. The minimum absolute atomic E-state index is 0. The molecule has 16 heavy (non-hydrogen) atoms. The Morgan fingerprint density at radius 1 is 1.00 bits per heavy atom. The molecule has 7 N–H and O–H groups in total. The van der Waals surface area contributed by atoms with Crippen molar-refractivity contribution < 1.29 is 66.1 Å². The van der Waals surface area contributed by atoms with Crippen LogP contribution in [0.4, 0.5) is 0 Å². The van der Waals surface area contributed by atoms with Crippen LogP contribution < -0.4 is 21.5 Å². The third-order valence-electron chi connectivity index (χ3n) is 1.25. The van der Waals surface area contributed by atoms with E-state index in [-0.39, 0.29) is 37.5 Å². The maximum atomic E-state index is 10.1. The van der Waals surface area contributed by atoms with Gasteiger partial charge in [0.15, 0.2) is 0 Å². The number of rotatable bonds is 5. The quantitative estimate of drug-likeness (QED) is 0.424. The molecule has 0 aromatic carbocycles. The van der Waals surface area contributed by atoms with Gasteiger partial charge in [-0.2, -0.15) is 0 Å². The minimum atomic E-state index is -2.97. The molecule has 9 nitrogen and oxygen atoms in total. The maximum absolute atomic E-state index is 10.1. The Hall–Kier alpha value is -0.840. The molecular weight excluding hydrogens is 393 g/mol. The zero-order chi connectivity index (χ0) is 10.6. The van der Waals surface area contributed by atoms with Gasteiger partial charge in [0.1, 0.15) is 5.60 Å². The molecule has 0 aromatic heterocycles. The molecule has 0 heterocycles. The Morgan fingerprint density at radius 3 is 1.38 bits per heavy atom. The van der Waals surface area contributed by atoms with E-state index >= 15 is 0 Å². The van der Waals surface area contributed by atoms with E-state index in [0.717, 1.165) is 0 Å². The molecule has 0 fully saturated rings. The number of quaternary nitrogens is 1. The van der Waals surface area contributed by atoms with Crippen molar-refractivity contribution in [2.24, 2.45) is 0 Å². The van der Waals surface area contributed by atoms with Gasteiger partial charge in [-0.3, -0.25) is 0 Å². The summed E-state index contributed by atoms with van der Waals surface area (Å²) in [6, 6.07) is 0. The third kappa shape index (κ3) is 8.47. The molecule has 0 saturated heterocycles. The van der Waals surface area contributed by atoms with E-state index in [1.807, 2.05) is 0 Å². The van der Waals surface area contributed by atoms with Crippen molar-refractivity contribution in [2.75, 3.05) is 0 Å². The number of hydrogen-bond donors (Lipinski definition) is 2. The molecule has 0 aliphatic heterocycles. The number of carboxylic acids is 3. The number of hydrogen-bond acceptors (Lipinski definition) is 7. The van der Waals surface area contributed by atoms with Crippen LogP contribution >= 0.6 is 0 Å². The van der Waals surface area contributed by atoms with Crippen molar-refractivity contribution in [3.8, 4) is 0 Å². The Morgan fingerprint density at radius 2 is 1.25 bits per heavy atom. The number of carbonyl (C=O) groups is 3. The molecule has 0 saturated carbocycles. The van der Waals surface area contributed by atoms with Crippen LogP contribution in [-0.2, 0) is 40.2 Å². The van der Waals surface area contributed by atoms with Gasteiger partial charge in [0.2, 0.25) is 0 Å². The second-order valence-corrected chi connectivity index (χ2v) is 2.42. The number of carbonyl (C=O) groups excluding carboxylic acids is 3. The molecule has 94 valence electrons. The van der Waals surface area contributed by atoms with E-state index in [9.17, 15) is 29.7 Å². The second-order valence-electron chi connectivity index (χ2n) is 2.42. The second kappa shape index (κ2) is 9.39. The summed E-state index contributed by atoms with van der Waals surface area (Å²) in [7, 11) is 0. The van der Waals surface area contributed by atoms with Crippen molar-refractivity contribution in [3.63, 3.8) is 0 Å². The van der Waals surface area contributed by atoms with Crippen molar-refractivity contribution >= 4 is 17.9 Å². The molecular formula is C6H11HfNO8-2. The molecule has 0 rings (SSSR count). The molecule has 0 bridgehead atoms. The van der Waals surface area contributed by atoms with Crippen molar-refractivity contribution in [1.82, 2.24) is 6.15 Å². The van der Waals surface area contributed by atoms with Crippen LogP contribution in [0.25, 0.3) is 0 Å². The van der Waals surface area contributed by atoms with E-state index in [1.165, 1.54) is 0 Å². The van der Waals surface area contributed by atoms with Gasteiger partial charge in [-0.15, -0.1) is 0 Å². The molecule has 0 aliphatic carbocycles. The van der Waals surface area contributed by atoms with Gasteiger partial charge in [-0.05, 0) is 0 Å². The largest absolute Gasteiger partial charge is 0.550 e. The van der Waals surface area contributed by atoms with E-state index in [1.54, 1.807) is 0 Å². The van der Waals surface area contributed by atoms with Gasteiger partial charge in [0.25, 0.3) is 0 Å². The van der Waals surface area contributed by atoms with Crippen molar-refractivity contribution in [2.45, 2.75) is 18.4 Å². The van der Waals surface area contributed by atoms with Gasteiger partial charge in [-0.1, -0.05) is 0 Å².